The summed E-state index contributed by atoms with van der Waals surface area (Å²) in [5.74, 6) is 3.03. The van der Waals surface area contributed by atoms with Crippen LogP contribution >= 0.6 is 0 Å². The lowest BCUT2D eigenvalue weighted by molar-refractivity contribution is -0.133. The van der Waals surface area contributed by atoms with Gasteiger partial charge in [-0.3, -0.25) is 4.79 Å². The predicted octanol–water partition coefficient (Wildman–Crippen LogP) is 4.28. The molecule has 0 radical (unpaired) electrons. The summed E-state index contributed by atoms with van der Waals surface area (Å²) >= 11 is 0. The Kier molecular flexibility index (Phi) is 9.43. The number of anilines is 3. The number of carbonyl (C=O) groups is 1. The summed E-state index contributed by atoms with van der Waals surface area (Å²) in [4.78, 5) is 35.3. The fourth-order valence-corrected chi connectivity index (χ4v) is 9.96. The number of nitrogens with two attached hydrogens (primary N) is 2. The van der Waals surface area contributed by atoms with Crippen molar-refractivity contribution in [3.63, 3.8) is 0 Å². The van der Waals surface area contributed by atoms with E-state index in [-0.39, 0.29) is 23.5 Å². The highest BCUT2D eigenvalue weighted by molar-refractivity contribution is 5.86. The van der Waals surface area contributed by atoms with Crippen molar-refractivity contribution in [3.05, 3.63) is 76.4 Å². The average Bonchev–Trinajstić information content (AvgIpc) is 3.90. The van der Waals surface area contributed by atoms with Gasteiger partial charge in [-0.05, 0) is 80.8 Å². The first kappa shape index (κ1) is 36.6. The molecule has 1 amide bonds. The van der Waals surface area contributed by atoms with Crippen LogP contribution in [-0.4, -0.2) is 104 Å². The molecule has 1 aliphatic carbocycles. The van der Waals surface area contributed by atoms with Crippen molar-refractivity contribution in [1.82, 2.24) is 29.9 Å². The number of nitrogens with one attached hydrogen (secondary N) is 1. The third-order valence-electron chi connectivity index (χ3n) is 13.2. The molecule has 56 heavy (non-hydrogen) atoms. The molecule has 3 saturated heterocycles. The summed E-state index contributed by atoms with van der Waals surface area (Å²) in [6.45, 7) is 10.6. The Balaban J connectivity index is 0.754. The van der Waals surface area contributed by atoms with Gasteiger partial charge in [0.05, 0.1) is 6.10 Å². The Morgan fingerprint density at radius 1 is 1.05 bits per heavy atom. The number of nitrogen functional groups attached to an aromatic ring is 1. The summed E-state index contributed by atoms with van der Waals surface area (Å²) in [6.07, 6.45) is 11.5. The molecule has 2 unspecified atom stereocenters. The van der Waals surface area contributed by atoms with Gasteiger partial charge in [-0.1, -0.05) is 31.1 Å². The van der Waals surface area contributed by atoms with Crippen LogP contribution in [0.3, 0.4) is 0 Å². The van der Waals surface area contributed by atoms with Gasteiger partial charge >= 0.3 is 0 Å². The molecule has 14 heteroatoms. The highest BCUT2D eigenvalue weighted by Gasteiger charge is 2.54. The van der Waals surface area contributed by atoms with Crippen LogP contribution in [0.4, 0.5) is 17.6 Å². The maximum Gasteiger partial charge on any atom is 0.233 e. The lowest BCUT2D eigenvalue weighted by Crippen LogP contribution is -2.67. The molecule has 5 aliphatic rings. The number of aliphatic hydroxyl groups is 1. The molecule has 296 valence electrons. The van der Waals surface area contributed by atoms with E-state index in [1.807, 2.05) is 44.4 Å². The molecule has 0 bridgehead atoms. The molecule has 4 aromatic rings. The van der Waals surface area contributed by atoms with Gasteiger partial charge in [0.25, 0.3) is 0 Å². The molecule has 1 aromatic carbocycles. The summed E-state index contributed by atoms with van der Waals surface area (Å²) in [6, 6.07) is 9.63. The van der Waals surface area contributed by atoms with Crippen molar-refractivity contribution < 1.29 is 19.5 Å². The number of aliphatic hydroxyl groups excluding tert-OH is 1. The maximum absolute atomic E-state index is 13.3. The standard InChI is InChI=1S/C42H54N10O4/c1-25(2)38(40(55)50-13-9-29(53)21-50)36-16-37(48-56-36)52-23-42(24-52)17-28(18-42)49-11-7-26(8-12-49)27-19-45-41(46-20-27)51-14-10-34-32(22-51)31(39(44)47-34)15-33(43)30-5-3-4-6-35(30)54/h3-6,15-16,19-20,25-26,28-29,38,47,53-54H,7-14,17-18,21-24,43-44H2,1-2H3/b33-15-. The topological polar surface area (TPSA) is 190 Å². The SMILES string of the molecule is CC(C)C(C(=O)N1CCC(O)C1)c1cc(N2CC3(CC(N4CCC(c5cnc(N6CCc7[nH]c(N)c(/C=C(\N)c8ccccc8O)c7C6)nc5)CC4)C3)C2)no1. The van der Waals surface area contributed by atoms with Crippen LogP contribution in [0.1, 0.15) is 91.5 Å². The molecule has 7 heterocycles. The summed E-state index contributed by atoms with van der Waals surface area (Å²) in [7, 11) is 0. The highest BCUT2D eigenvalue weighted by Crippen LogP contribution is 2.52. The van der Waals surface area contributed by atoms with Crippen LogP contribution in [0.5, 0.6) is 5.75 Å². The second-order valence-electron chi connectivity index (χ2n) is 17.3. The van der Waals surface area contributed by atoms with E-state index >= 15 is 0 Å². The second-order valence-corrected chi connectivity index (χ2v) is 17.3. The number of β-amino-alcohol motifs (C(OH)–C–C–N with tert-alkyl or cyclic N) is 1. The molecule has 9 rings (SSSR count). The zero-order valence-electron chi connectivity index (χ0n) is 32.4. The third-order valence-corrected chi connectivity index (χ3v) is 13.2. The van der Waals surface area contributed by atoms with Gasteiger partial charge in [0.15, 0.2) is 11.6 Å². The van der Waals surface area contributed by atoms with Crippen LogP contribution in [0.25, 0.3) is 11.8 Å². The Morgan fingerprint density at radius 2 is 1.80 bits per heavy atom. The lowest BCUT2D eigenvalue weighted by atomic mass is 9.60. The number of rotatable bonds is 9. The number of nitrogens with zero attached hydrogens (tertiary/aromatic N) is 7. The Bertz CT molecular complexity index is 2090. The quantitative estimate of drug-likeness (QED) is 0.163. The zero-order chi connectivity index (χ0) is 38.7. The van der Waals surface area contributed by atoms with Crippen molar-refractivity contribution in [3.8, 4) is 5.75 Å². The minimum absolute atomic E-state index is 0.0203. The van der Waals surface area contributed by atoms with Crippen molar-refractivity contribution >= 4 is 35.3 Å². The van der Waals surface area contributed by atoms with Gasteiger partial charge < -0.3 is 50.8 Å². The number of aromatic amines is 1. The number of fused-ring (bicyclic) bond motifs is 1. The minimum atomic E-state index is -0.439. The van der Waals surface area contributed by atoms with E-state index in [2.05, 4.69) is 24.8 Å². The second kappa shape index (κ2) is 14.5. The zero-order valence-corrected chi connectivity index (χ0v) is 32.4. The largest absolute Gasteiger partial charge is 0.507 e. The van der Waals surface area contributed by atoms with Gasteiger partial charge in [-0.15, -0.1) is 0 Å². The first-order valence-corrected chi connectivity index (χ1v) is 20.3. The monoisotopic (exact) mass is 762 g/mol. The number of piperidine rings is 1. The summed E-state index contributed by atoms with van der Waals surface area (Å²) in [5.41, 5.74) is 18.4. The first-order chi connectivity index (χ1) is 27.0. The first-order valence-electron chi connectivity index (χ1n) is 20.3. The molecule has 4 aliphatic heterocycles. The smallest absolute Gasteiger partial charge is 0.233 e. The van der Waals surface area contributed by atoms with Crippen molar-refractivity contribution in [2.24, 2.45) is 17.1 Å². The van der Waals surface area contributed by atoms with E-state index in [1.54, 1.807) is 23.1 Å². The molecule has 1 spiro atoms. The number of carbonyl (C=O) groups excluding carboxylic acids is 1. The van der Waals surface area contributed by atoms with E-state index in [1.165, 1.54) is 18.4 Å². The Hall–Kier alpha value is -5.08. The van der Waals surface area contributed by atoms with Gasteiger partial charge in [0, 0.05) is 104 Å². The number of likely N-dealkylation sites (tertiary alicyclic amines) is 2. The van der Waals surface area contributed by atoms with Crippen LogP contribution in [0.2, 0.25) is 0 Å². The Labute approximate surface area is 327 Å². The number of phenolic OH excluding ortho intramolecular Hbond substituents is 1. The highest BCUT2D eigenvalue weighted by atomic mass is 16.5. The van der Waals surface area contributed by atoms with Crippen molar-refractivity contribution in [2.45, 2.75) is 82.9 Å². The molecule has 7 N–H and O–H groups in total. The predicted molar refractivity (Wildman–Crippen MR) is 215 cm³/mol. The number of hydrogen-bond acceptors (Lipinski definition) is 12. The van der Waals surface area contributed by atoms with Crippen LogP contribution in [0.15, 0.2) is 47.2 Å². The number of aromatic hydroxyl groups is 1. The van der Waals surface area contributed by atoms with Crippen LogP contribution in [0, 0.1) is 11.3 Å². The van der Waals surface area contributed by atoms with Gasteiger partial charge in [0.2, 0.25) is 11.9 Å². The lowest BCUT2D eigenvalue weighted by Gasteiger charge is -2.61. The molecule has 2 atom stereocenters. The number of aromatic nitrogens is 4. The number of H-pyrrole nitrogens is 1. The van der Waals surface area contributed by atoms with Crippen LogP contribution in [-0.2, 0) is 17.8 Å². The Morgan fingerprint density at radius 3 is 2.50 bits per heavy atom. The summed E-state index contributed by atoms with van der Waals surface area (Å²) in [5, 5.41) is 24.6. The fourth-order valence-electron chi connectivity index (χ4n) is 9.96. The number of amides is 1. The van der Waals surface area contributed by atoms with Gasteiger partial charge in [-0.2, -0.15) is 0 Å². The average molecular weight is 763 g/mol. The molecular weight excluding hydrogens is 709 g/mol. The maximum atomic E-state index is 13.3. The fraction of sp³-hybridized carbons (Fsp3) is 0.524. The van der Waals surface area contributed by atoms with E-state index in [9.17, 15) is 15.0 Å². The molecule has 1 saturated carbocycles. The number of benzene rings is 1. The number of hydrogen-bond donors (Lipinski definition) is 5. The molecular formula is C42H54N10O4. The van der Waals surface area contributed by atoms with Crippen molar-refractivity contribution in [1.29, 1.82) is 0 Å². The van der Waals surface area contributed by atoms with Crippen LogP contribution < -0.4 is 21.3 Å². The van der Waals surface area contributed by atoms with E-state index in [0.29, 0.717) is 72.2 Å². The third kappa shape index (κ3) is 6.76. The van der Waals surface area contributed by atoms with Gasteiger partial charge in [-0.25, -0.2) is 9.97 Å². The van der Waals surface area contributed by atoms with Crippen molar-refractivity contribution in [2.75, 3.05) is 61.3 Å². The van der Waals surface area contributed by atoms with Gasteiger partial charge in [0.1, 0.15) is 17.5 Å². The summed E-state index contributed by atoms with van der Waals surface area (Å²) < 4.78 is 5.78. The number of phenols is 1. The molecule has 3 aromatic heterocycles. The normalized spacial score (nSPS) is 22.4. The minimum Gasteiger partial charge on any atom is -0.507 e. The van der Waals surface area contributed by atoms with E-state index < -0.39 is 6.10 Å². The molecule has 4 fully saturated rings. The van der Waals surface area contributed by atoms with E-state index in [4.69, 9.17) is 26.0 Å². The molecule has 14 nitrogen and oxygen atoms in total. The van der Waals surface area contributed by atoms with E-state index in [0.717, 1.165) is 74.6 Å². The number of para-hydroxylation sites is 1.